The van der Waals surface area contributed by atoms with Gasteiger partial charge in [0.05, 0.1) is 135 Å². The number of hydrogen-bond donors (Lipinski definition) is 6. The summed E-state index contributed by atoms with van der Waals surface area (Å²) in [5.74, 6) is 6.66. The molecule has 0 spiro atoms. The number of rotatable bonds is 33. The van der Waals surface area contributed by atoms with Crippen LogP contribution in [0.15, 0.2) is 162 Å². The Morgan fingerprint density at radius 2 is 0.847 bits per heavy atom. The molecule has 3 amide bonds. The van der Waals surface area contributed by atoms with Crippen LogP contribution in [0, 0.1) is 0 Å². The molecule has 0 aliphatic carbocycles. The van der Waals surface area contributed by atoms with Crippen molar-refractivity contribution in [3.63, 3.8) is 0 Å². The van der Waals surface area contributed by atoms with Crippen LogP contribution in [0.3, 0.4) is 0 Å². The van der Waals surface area contributed by atoms with Crippen molar-refractivity contribution in [1.82, 2.24) is 54.6 Å². The zero-order chi connectivity index (χ0) is 79.2. The van der Waals surface area contributed by atoms with Gasteiger partial charge in [-0.15, -0.1) is 35.3 Å². The van der Waals surface area contributed by atoms with Crippen LogP contribution >= 0.6 is 69.3 Å². The van der Waals surface area contributed by atoms with Crippen molar-refractivity contribution in [1.29, 1.82) is 0 Å². The molecule has 32 heteroatoms. The first-order chi connectivity index (χ1) is 53.1. The summed E-state index contributed by atoms with van der Waals surface area (Å²) in [6.07, 6.45) is 22.7. The summed E-state index contributed by atoms with van der Waals surface area (Å²) in [6, 6.07) is 14.8. The molecule has 0 saturated carbocycles. The maximum absolute atomic E-state index is 13.2. The van der Waals surface area contributed by atoms with Gasteiger partial charge in [-0.1, -0.05) is 128 Å². The Kier molecular flexibility index (Phi) is 30.0. The van der Waals surface area contributed by atoms with Crippen molar-refractivity contribution in [2.75, 3.05) is 71.2 Å². The lowest BCUT2D eigenvalue weighted by molar-refractivity contribution is -0.135. The van der Waals surface area contributed by atoms with Gasteiger partial charge in [0, 0.05) is 60.6 Å². The molecule has 0 radical (unpaired) electrons. The number of benzene rings is 1. The van der Waals surface area contributed by atoms with E-state index in [4.69, 9.17) is 13.3 Å². The van der Waals surface area contributed by atoms with Crippen LogP contribution in [0.1, 0.15) is 153 Å². The van der Waals surface area contributed by atoms with E-state index < -0.39 is 0 Å². The number of thiazole rings is 3. The van der Waals surface area contributed by atoms with Crippen molar-refractivity contribution in [3.05, 3.63) is 188 Å². The predicted molar refractivity (Wildman–Crippen MR) is 443 cm³/mol. The van der Waals surface area contributed by atoms with Crippen LogP contribution in [0.4, 0.5) is 32.5 Å². The largest absolute Gasteiger partial charge is 0.444 e. The second-order valence-corrected chi connectivity index (χ2v) is 36.5. The maximum Gasteiger partial charge on any atom is 0.245 e. The number of pyridine rings is 2. The lowest BCUT2D eigenvalue weighted by Gasteiger charge is -2.32. The number of hydrogen-bond acceptors (Lipinski definition) is 29. The third kappa shape index (κ3) is 26.1. The van der Waals surface area contributed by atoms with Crippen molar-refractivity contribution in [2.45, 2.75) is 185 Å². The lowest BCUT2D eigenvalue weighted by atomic mass is 9.94. The van der Waals surface area contributed by atoms with Crippen LogP contribution < -0.4 is 31.9 Å². The Hall–Kier alpha value is -9.47. The van der Waals surface area contributed by atoms with E-state index in [-0.39, 0.29) is 89.1 Å². The van der Waals surface area contributed by atoms with Gasteiger partial charge in [-0.25, -0.2) is 29.9 Å². The van der Waals surface area contributed by atoms with Gasteiger partial charge in [-0.3, -0.25) is 38.7 Å². The molecule has 111 heavy (non-hydrogen) atoms. The first-order valence-electron chi connectivity index (χ1n) is 36.5. The highest BCUT2D eigenvalue weighted by molar-refractivity contribution is 8.01. The van der Waals surface area contributed by atoms with Gasteiger partial charge in [0.2, 0.25) is 35.4 Å². The summed E-state index contributed by atoms with van der Waals surface area (Å²) in [5, 5.41) is 21.6. The Morgan fingerprint density at radius 3 is 1.23 bits per heavy atom. The molecule has 3 aliphatic rings. The van der Waals surface area contributed by atoms with Crippen molar-refractivity contribution >= 4 is 137 Å². The number of nitrogens with one attached hydrogen (secondary N) is 6. The molecule has 3 aliphatic heterocycles. The number of amides is 3. The number of carbonyl (C=O) groups excluding carboxylic acids is 6. The van der Waals surface area contributed by atoms with E-state index in [1.807, 2.05) is 81.8 Å². The van der Waals surface area contributed by atoms with E-state index in [9.17, 15) is 28.8 Å². The van der Waals surface area contributed by atoms with Crippen molar-refractivity contribution in [2.24, 2.45) is 0 Å². The molecule has 0 unspecified atom stereocenters. The molecule has 26 nitrogen and oxygen atoms in total. The van der Waals surface area contributed by atoms with Gasteiger partial charge >= 0.3 is 0 Å². The van der Waals surface area contributed by atoms with Gasteiger partial charge in [0.15, 0.2) is 32.7 Å². The molecule has 9 aromatic rings. The summed E-state index contributed by atoms with van der Waals surface area (Å²) in [7, 11) is 0. The second-order valence-electron chi connectivity index (χ2n) is 29.6. The SMILES string of the molecule is C=CC(=O)CNc1ccc(CN2CCC[C@@H](Nc3ncc(SCc4ncc(C(C)(C)C)o4)s3)C2=O)cc1.C=CC(=O)CNc1ccc(CN2CCC[C@@H](Nc3ncc(SCc4ncc(C(C)(C)C)o4)s3)C2=O)nc1.C=CC(=O)CNc1ccc(CN2C[C@H](Nc3ncc(SCc4ncc(C(C)(C)C)o4)s3)CCC2=O)nc1. The summed E-state index contributed by atoms with van der Waals surface area (Å²) in [6.45, 7) is 33.3. The minimum absolute atomic E-state index is 0.0470. The first kappa shape index (κ1) is 84.0. The molecule has 3 atom stereocenters. The smallest absolute Gasteiger partial charge is 0.245 e. The van der Waals surface area contributed by atoms with Crippen LogP contribution in [0.5, 0.6) is 0 Å². The summed E-state index contributed by atoms with van der Waals surface area (Å²) in [4.78, 5) is 114. The fourth-order valence-corrected chi connectivity index (χ4v) is 16.6. The van der Waals surface area contributed by atoms with Gasteiger partial charge < -0.3 is 59.9 Å². The Labute approximate surface area is 672 Å². The molecule has 6 N–H and O–H groups in total. The minimum atomic E-state index is -0.315. The monoisotopic (exact) mass is 1620 g/mol. The molecule has 0 bridgehead atoms. The van der Waals surface area contributed by atoms with Crippen molar-refractivity contribution in [3.8, 4) is 0 Å². The maximum atomic E-state index is 13.2. The fraction of sp³-hybridized carbons (Fsp3) is 0.418. The van der Waals surface area contributed by atoms with Gasteiger partial charge in [0.25, 0.3) is 0 Å². The van der Waals surface area contributed by atoms with Gasteiger partial charge in [0.1, 0.15) is 29.4 Å². The highest BCUT2D eigenvalue weighted by Gasteiger charge is 2.33. The van der Waals surface area contributed by atoms with E-state index in [2.05, 4.69) is 154 Å². The van der Waals surface area contributed by atoms with E-state index >= 15 is 0 Å². The van der Waals surface area contributed by atoms with Gasteiger partial charge in [-0.05, 0) is 92.3 Å². The third-order valence-electron chi connectivity index (χ3n) is 17.6. The molecule has 3 fully saturated rings. The number of likely N-dealkylation sites (tertiary alicyclic amines) is 3. The van der Waals surface area contributed by atoms with E-state index in [0.29, 0.717) is 74.1 Å². The zero-order valence-corrected chi connectivity index (χ0v) is 69.0. The van der Waals surface area contributed by atoms with E-state index in [1.165, 1.54) is 40.9 Å². The summed E-state index contributed by atoms with van der Waals surface area (Å²) in [5.41, 5.74) is 4.80. The standard InChI is InChI=1S/C27H33N5O3S2.2C26H32N6O3S2/c1-5-20(33)13-28-19-10-8-18(9-11-19)16-32-12-6-7-21(25(32)34)31-26-30-15-24(37-26)36-17-23-29-14-22(35-23)27(2,3)4;1-5-20(33)11-28-17-6-7-18(27-10-17)14-32-15-19(8-9-23(32)34)31-25-30-13-24(37-25)36-16-22-29-12-21(35-22)26(2,3)4;1-5-19(33)12-28-17-8-9-18(27-11-17)15-32-10-6-7-20(24(32)34)31-25-30-14-23(37-25)36-16-22-29-13-21(35-22)26(2,3)4/h5,8-11,14-15,21,28H,1,6-7,12-13,16-17H2,2-4H3,(H,30,31);5-7,10,12-13,19,28H,1,8-9,11,14-16H2,2-4H3,(H,30,31);5,8-9,11,13-14,20,28H,1,6-7,10,12,15-16H2,2-4H3,(H,30,31)/t21-;19-;20-/m111/s1. The number of carbonyl (C=O) groups is 6. The lowest BCUT2D eigenvalue weighted by Crippen LogP contribution is -2.47. The van der Waals surface area contributed by atoms with Crippen LogP contribution in [0.25, 0.3) is 0 Å². The average Bonchev–Trinajstić information content (AvgIpc) is 1.81. The van der Waals surface area contributed by atoms with Crippen LogP contribution in [-0.4, -0.2) is 147 Å². The quantitative estimate of drug-likeness (QED) is 0.0164. The number of oxazole rings is 3. The summed E-state index contributed by atoms with van der Waals surface area (Å²) < 4.78 is 20.8. The van der Waals surface area contributed by atoms with Crippen LogP contribution in [-0.2, 0) is 81.9 Å². The molecule has 8 aromatic heterocycles. The highest BCUT2D eigenvalue weighted by atomic mass is 32.2. The summed E-state index contributed by atoms with van der Waals surface area (Å²) >= 11 is 9.55. The minimum Gasteiger partial charge on any atom is -0.444 e. The number of anilines is 6. The topological polar surface area (TPSA) is 327 Å². The first-order valence-corrected chi connectivity index (χ1v) is 41.9. The van der Waals surface area contributed by atoms with Crippen LogP contribution in [0.2, 0.25) is 0 Å². The van der Waals surface area contributed by atoms with Crippen molar-refractivity contribution < 1.29 is 42.0 Å². The molecule has 11 heterocycles. The normalized spacial score (nSPS) is 16.0. The number of piperidine rings is 3. The predicted octanol–water partition coefficient (Wildman–Crippen LogP) is 15.3. The Balaban J connectivity index is 0.000000177. The molecular formula is C79H97N17O9S6. The molecule has 588 valence electrons. The second kappa shape index (κ2) is 39.6. The number of thioether (sulfide) groups is 3. The molecule has 3 saturated heterocycles. The number of nitrogens with zero attached hydrogens (tertiary/aromatic N) is 11. The highest BCUT2D eigenvalue weighted by Crippen LogP contribution is 2.37. The fourth-order valence-electron chi connectivity index (χ4n) is 11.2. The molecule has 1 aromatic carbocycles. The van der Waals surface area contributed by atoms with E-state index in [1.54, 1.807) is 77.6 Å². The number of ketones is 3. The average molecular weight is 1620 g/mol. The molecule has 12 rings (SSSR count). The van der Waals surface area contributed by atoms with E-state index in [0.717, 1.165) is 118 Å². The van der Waals surface area contributed by atoms with Gasteiger partial charge in [-0.2, -0.15) is 0 Å². The Bertz CT molecular complexity index is 4320. The third-order valence-corrected chi connectivity index (χ3v) is 23.9. The Morgan fingerprint density at radius 1 is 0.468 bits per heavy atom. The molecular weight excluding hydrogens is 1520 g/mol. The zero-order valence-electron chi connectivity index (χ0n) is 64.1. The number of aromatic nitrogens is 8.